The molecule has 9 heteroatoms. The molecule has 0 saturated heterocycles. The molecule has 3 aromatic carbocycles. The molecule has 39 heavy (non-hydrogen) atoms. The van der Waals surface area contributed by atoms with E-state index in [0.29, 0.717) is 11.4 Å². The van der Waals surface area contributed by atoms with E-state index in [-0.39, 0.29) is 12.5 Å². The van der Waals surface area contributed by atoms with Crippen LogP contribution in [0, 0.1) is 13.8 Å². The average Bonchev–Trinajstić information content (AvgIpc) is 3.53. The number of hydrogen-bond acceptors (Lipinski definition) is 6. The molecule has 198 valence electrons. The zero-order chi connectivity index (χ0) is 27.2. The van der Waals surface area contributed by atoms with Crippen molar-refractivity contribution < 1.29 is 9.53 Å². The molecule has 2 heterocycles. The lowest BCUT2D eigenvalue weighted by molar-refractivity contribution is 0.0949. The van der Waals surface area contributed by atoms with Gasteiger partial charge in [0.2, 0.25) is 0 Å². The van der Waals surface area contributed by atoms with Crippen molar-refractivity contribution in [2.45, 2.75) is 32.0 Å². The molecule has 0 aliphatic heterocycles. The van der Waals surface area contributed by atoms with E-state index in [4.69, 9.17) is 4.74 Å². The Kier molecular flexibility index (Phi) is 8.07. The van der Waals surface area contributed by atoms with Gasteiger partial charge in [0, 0.05) is 23.1 Å². The van der Waals surface area contributed by atoms with Crippen molar-refractivity contribution in [2.75, 3.05) is 12.9 Å². The summed E-state index contributed by atoms with van der Waals surface area (Å²) in [7, 11) is 1.64. The summed E-state index contributed by atoms with van der Waals surface area (Å²) in [5, 5.41) is 17.2. The molecule has 0 spiro atoms. The first-order valence-corrected chi connectivity index (χ1v) is 13.7. The van der Waals surface area contributed by atoms with E-state index in [1.807, 2.05) is 89.8 Å². The number of benzene rings is 3. The van der Waals surface area contributed by atoms with Crippen molar-refractivity contribution in [3.8, 4) is 17.1 Å². The molecule has 0 radical (unpaired) electrons. The lowest BCUT2D eigenvalue weighted by Crippen LogP contribution is -2.25. The first-order valence-electron chi connectivity index (χ1n) is 12.7. The Morgan fingerprint density at radius 2 is 1.72 bits per heavy atom. The van der Waals surface area contributed by atoms with E-state index in [0.717, 1.165) is 45.8 Å². The zero-order valence-electron chi connectivity index (χ0n) is 22.2. The summed E-state index contributed by atoms with van der Waals surface area (Å²) in [6, 6.07) is 27.6. The van der Waals surface area contributed by atoms with Gasteiger partial charge in [-0.1, -0.05) is 54.2 Å². The van der Waals surface area contributed by atoms with Crippen molar-refractivity contribution >= 4 is 17.7 Å². The van der Waals surface area contributed by atoms with E-state index >= 15 is 0 Å². The van der Waals surface area contributed by atoms with Gasteiger partial charge in [-0.05, 0) is 62.2 Å². The topological polar surface area (TPSA) is 86.9 Å². The molecule has 0 saturated carbocycles. The number of ether oxygens (including phenoxy) is 1. The van der Waals surface area contributed by atoms with Gasteiger partial charge in [-0.2, -0.15) is 5.10 Å². The van der Waals surface area contributed by atoms with Crippen LogP contribution in [-0.4, -0.2) is 43.3 Å². The Morgan fingerprint density at radius 1 is 0.923 bits per heavy atom. The number of aryl methyl sites for hydroxylation is 3. The quantitative estimate of drug-likeness (QED) is 0.242. The van der Waals surface area contributed by atoms with Gasteiger partial charge in [0.25, 0.3) is 5.91 Å². The maximum Gasteiger partial charge on any atom is 0.251 e. The number of nitrogens with one attached hydrogen (secondary N) is 1. The van der Waals surface area contributed by atoms with Gasteiger partial charge in [-0.25, -0.2) is 4.68 Å². The van der Waals surface area contributed by atoms with Crippen LogP contribution in [-0.2, 0) is 13.0 Å². The molecular formula is C30H30N6O2S. The van der Waals surface area contributed by atoms with Crippen LogP contribution in [0.25, 0.3) is 11.4 Å². The first kappa shape index (κ1) is 26.2. The minimum atomic E-state index is -0.197. The van der Waals surface area contributed by atoms with E-state index in [9.17, 15) is 4.79 Å². The summed E-state index contributed by atoms with van der Waals surface area (Å²) < 4.78 is 9.26. The van der Waals surface area contributed by atoms with Gasteiger partial charge in [0.05, 0.1) is 30.7 Å². The van der Waals surface area contributed by atoms with Crippen molar-refractivity contribution in [3.05, 3.63) is 113 Å². The van der Waals surface area contributed by atoms with Gasteiger partial charge in [-0.15, -0.1) is 10.2 Å². The van der Waals surface area contributed by atoms with Gasteiger partial charge in [-0.3, -0.25) is 9.36 Å². The largest absolute Gasteiger partial charge is 0.497 e. The average molecular weight is 539 g/mol. The van der Waals surface area contributed by atoms with Crippen LogP contribution in [0.15, 0.2) is 90.1 Å². The van der Waals surface area contributed by atoms with E-state index in [1.165, 1.54) is 5.56 Å². The number of carbonyl (C=O) groups excluding carboxylic acids is 1. The minimum Gasteiger partial charge on any atom is -0.497 e. The Balaban J connectivity index is 1.35. The summed E-state index contributed by atoms with van der Waals surface area (Å²) in [5.41, 5.74) is 5.46. The van der Waals surface area contributed by atoms with Crippen LogP contribution in [0.1, 0.15) is 33.1 Å². The SMILES string of the molecule is COc1cccc(-n2c(CNC(=O)c3cccc(-n4nc(C)cc4C)c3)nnc2SCCc2ccccc2)c1. The summed E-state index contributed by atoms with van der Waals surface area (Å²) in [5.74, 6) is 2.01. The van der Waals surface area contributed by atoms with Crippen LogP contribution in [0.4, 0.5) is 0 Å². The molecule has 5 rings (SSSR count). The summed E-state index contributed by atoms with van der Waals surface area (Å²) in [4.78, 5) is 13.2. The predicted octanol–water partition coefficient (Wildman–Crippen LogP) is 5.34. The number of thioether (sulfide) groups is 1. The number of methoxy groups -OCH3 is 1. The molecule has 1 amide bonds. The molecule has 0 unspecified atom stereocenters. The van der Waals surface area contributed by atoms with Gasteiger partial charge in [0.15, 0.2) is 11.0 Å². The van der Waals surface area contributed by atoms with E-state index in [2.05, 4.69) is 32.7 Å². The van der Waals surface area contributed by atoms with Gasteiger partial charge >= 0.3 is 0 Å². The van der Waals surface area contributed by atoms with Crippen LogP contribution in [0.5, 0.6) is 5.75 Å². The van der Waals surface area contributed by atoms with E-state index < -0.39 is 0 Å². The fourth-order valence-electron chi connectivity index (χ4n) is 4.35. The maximum atomic E-state index is 13.2. The second-order valence-corrected chi connectivity index (χ2v) is 10.2. The number of amides is 1. The summed E-state index contributed by atoms with van der Waals surface area (Å²) in [6.07, 6.45) is 0.911. The van der Waals surface area contributed by atoms with Crippen molar-refractivity contribution in [2.24, 2.45) is 0 Å². The number of hydrogen-bond donors (Lipinski definition) is 1. The van der Waals surface area contributed by atoms with Gasteiger partial charge < -0.3 is 10.1 Å². The summed E-state index contributed by atoms with van der Waals surface area (Å²) >= 11 is 1.63. The molecular weight excluding hydrogens is 508 g/mol. The smallest absolute Gasteiger partial charge is 0.251 e. The molecule has 0 bridgehead atoms. The fraction of sp³-hybridized carbons (Fsp3) is 0.200. The van der Waals surface area contributed by atoms with Crippen LogP contribution in [0.3, 0.4) is 0 Å². The number of rotatable bonds is 10. The number of nitrogens with zero attached hydrogens (tertiary/aromatic N) is 5. The first-order chi connectivity index (χ1) is 19.0. The van der Waals surface area contributed by atoms with Gasteiger partial charge in [0.1, 0.15) is 5.75 Å². The molecule has 8 nitrogen and oxygen atoms in total. The number of carbonyl (C=O) groups is 1. The Labute approximate surface area is 232 Å². The highest BCUT2D eigenvalue weighted by molar-refractivity contribution is 7.99. The standard InChI is InChI=1S/C30H30N6O2S/c1-21-17-22(2)36(34-21)26-13-7-11-24(18-26)29(37)31-20-28-32-33-30(39-16-15-23-9-5-4-6-10-23)35(28)25-12-8-14-27(19-25)38-3/h4-14,17-19H,15-16,20H2,1-3H3,(H,31,37). The predicted molar refractivity (Wildman–Crippen MR) is 153 cm³/mol. The van der Waals surface area contributed by atoms with Crippen molar-refractivity contribution in [1.29, 1.82) is 0 Å². The highest BCUT2D eigenvalue weighted by Crippen LogP contribution is 2.25. The van der Waals surface area contributed by atoms with Crippen LogP contribution < -0.4 is 10.1 Å². The van der Waals surface area contributed by atoms with Crippen LogP contribution >= 0.6 is 11.8 Å². The lowest BCUT2D eigenvalue weighted by atomic mass is 10.2. The number of aromatic nitrogens is 5. The Morgan fingerprint density at radius 3 is 2.49 bits per heavy atom. The second kappa shape index (κ2) is 12.0. The molecule has 5 aromatic rings. The normalized spacial score (nSPS) is 10.9. The minimum absolute atomic E-state index is 0.197. The fourth-order valence-corrected chi connectivity index (χ4v) is 5.31. The van der Waals surface area contributed by atoms with Crippen LogP contribution in [0.2, 0.25) is 0 Å². The Bertz CT molecular complexity index is 1580. The van der Waals surface area contributed by atoms with Crippen molar-refractivity contribution in [1.82, 2.24) is 29.9 Å². The second-order valence-electron chi connectivity index (χ2n) is 9.09. The zero-order valence-corrected chi connectivity index (χ0v) is 23.0. The van der Waals surface area contributed by atoms with E-state index in [1.54, 1.807) is 24.9 Å². The molecule has 1 N–H and O–H groups in total. The highest BCUT2D eigenvalue weighted by atomic mass is 32.2. The lowest BCUT2D eigenvalue weighted by Gasteiger charge is -2.12. The van der Waals surface area contributed by atoms with Crippen molar-refractivity contribution in [3.63, 3.8) is 0 Å². The molecule has 0 fully saturated rings. The highest BCUT2D eigenvalue weighted by Gasteiger charge is 2.17. The molecule has 0 atom stereocenters. The third-order valence-electron chi connectivity index (χ3n) is 6.25. The molecule has 2 aromatic heterocycles. The summed E-state index contributed by atoms with van der Waals surface area (Å²) in [6.45, 7) is 4.16. The molecule has 0 aliphatic carbocycles. The monoisotopic (exact) mass is 538 g/mol. The third kappa shape index (κ3) is 6.21. The molecule has 0 aliphatic rings. The third-order valence-corrected chi connectivity index (χ3v) is 7.18. The Hall–Kier alpha value is -4.37. The maximum absolute atomic E-state index is 13.2.